The van der Waals surface area contributed by atoms with E-state index in [9.17, 15) is 5.11 Å². The summed E-state index contributed by atoms with van der Waals surface area (Å²) in [5.41, 5.74) is 1.09. The van der Waals surface area contributed by atoms with Crippen LogP contribution in [0.3, 0.4) is 0 Å². The minimum Gasteiger partial charge on any atom is -0.492 e. The molecule has 3 heteroatoms. The molecule has 0 saturated heterocycles. The third-order valence-corrected chi connectivity index (χ3v) is 3.51. The molecule has 15 heavy (non-hydrogen) atoms. The maximum Gasteiger partial charge on any atom is 0.226 e. The Hall–Kier alpha value is -1.48. The van der Waals surface area contributed by atoms with Gasteiger partial charge in [0.2, 0.25) is 5.88 Å². The maximum absolute atomic E-state index is 9.84. The Balaban J connectivity index is 2.39. The van der Waals surface area contributed by atoms with Gasteiger partial charge in [0, 0.05) is 11.0 Å². The second kappa shape index (κ2) is 3.28. The zero-order valence-electron chi connectivity index (χ0n) is 7.97. The predicted octanol–water partition coefficient (Wildman–Crippen LogP) is 1.50. The number of benzene rings is 1. The summed E-state index contributed by atoms with van der Waals surface area (Å²) in [5.74, 6) is 1.06. The Bertz CT molecular complexity index is 593. The highest BCUT2D eigenvalue weighted by Crippen LogP contribution is 2.34. The number of aliphatic hydroxyl groups is 1. The van der Waals surface area contributed by atoms with Crippen molar-refractivity contribution in [3.63, 3.8) is 0 Å². The standard InChI is InChI=1S/C12H9NOS/c14-12-11-9(5-6-15-11)7-8-3-1-2-4-10(8)13-12/h1-5,7,14H,6H2. The molecule has 0 radical (unpaired) electrons. The lowest BCUT2D eigenvalue weighted by atomic mass is 10.2. The van der Waals surface area contributed by atoms with Gasteiger partial charge in [-0.1, -0.05) is 24.3 Å². The van der Waals surface area contributed by atoms with Crippen molar-refractivity contribution < 1.29 is 5.11 Å². The first-order valence-electron chi connectivity index (χ1n) is 4.77. The van der Waals surface area contributed by atoms with Crippen LogP contribution in [0.5, 0.6) is 0 Å². The van der Waals surface area contributed by atoms with Crippen LogP contribution in [0.2, 0.25) is 0 Å². The van der Waals surface area contributed by atoms with E-state index in [1.807, 2.05) is 24.3 Å². The molecule has 0 spiro atoms. The van der Waals surface area contributed by atoms with E-state index in [2.05, 4.69) is 17.1 Å². The highest BCUT2D eigenvalue weighted by atomic mass is 32.2. The molecule has 3 rings (SSSR count). The summed E-state index contributed by atoms with van der Waals surface area (Å²) in [6.07, 6.45) is 4.20. The Kier molecular flexibility index (Phi) is 1.92. The Labute approximate surface area is 91.4 Å². The van der Waals surface area contributed by atoms with Crippen molar-refractivity contribution >= 4 is 17.8 Å². The van der Waals surface area contributed by atoms with Crippen LogP contribution in [-0.2, 0) is 0 Å². The number of allylic oxidation sites excluding steroid dienone is 1. The minimum absolute atomic E-state index is 0.143. The Morgan fingerprint density at radius 1 is 1.27 bits per heavy atom. The van der Waals surface area contributed by atoms with Crippen molar-refractivity contribution in [2.75, 3.05) is 5.75 Å². The van der Waals surface area contributed by atoms with E-state index in [0.717, 1.165) is 26.8 Å². The number of rotatable bonds is 0. The van der Waals surface area contributed by atoms with E-state index in [0.29, 0.717) is 0 Å². The van der Waals surface area contributed by atoms with E-state index in [1.54, 1.807) is 11.8 Å². The smallest absolute Gasteiger partial charge is 0.226 e. The molecule has 1 aromatic rings. The average molecular weight is 215 g/mol. The van der Waals surface area contributed by atoms with E-state index < -0.39 is 0 Å². The van der Waals surface area contributed by atoms with Crippen molar-refractivity contribution in [1.82, 2.24) is 0 Å². The summed E-state index contributed by atoms with van der Waals surface area (Å²) in [5, 5.41) is 11.7. The van der Waals surface area contributed by atoms with Gasteiger partial charge >= 0.3 is 0 Å². The third kappa shape index (κ3) is 1.39. The predicted molar refractivity (Wildman–Crippen MR) is 61.9 cm³/mol. The van der Waals surface area contributed by atoms with Crippen LogP contribution in [0.25, 0.3) is 6.08 Å². The summed E-state index contributed by atoms with van der Waals surface area (Å²) < 4.78 is 0. The van der Waals surface area contributed by atoms with Crippen LogP contribution in [0, 0.1) is 0 Å². The number of hydrogen-bond acceptors (Lipinski definition) is 3. The lowest BCUT2D eigenvalue weighted by Gasteiger charge is -1.97. The Morgan fingerprint density at radius 2 is 2.13 bits per heavy atom. The molecule has 2 nitrogen and oxygen atoms in total. The molecule has 0 aliphatic carbocycles. The van der Waals surface area contributed by atoms with Gasteiger partial charge in [0.25, 0.3) is 0 Å². The van der Waals surface area contributed by atoms with E-state index in [-0.39, 0.29) is 5.88 Å². The third-order valence-electron chi connectivity index (χ3n) is 2.47. The number of para-hydroxylation sites is 1. The molecule has 0 aromatic heterocycles. The van der Waals surface area contributed by atoms with Gasteiger partial charge < -0.3 is 5.11 Å². The van der Waals surface area contributed by atoms with Gasteiger partial charge in [-0.2, -0.15) is 0 Å². The first-order chi connectivity index (χ1) is 7.34. The van der Waals surface area contributed by atoms with Crippen molar-refractivity contribution in [2.24, 2.45) is 4.99 Å². The molecule has 2 aliphatic rings. The van der Waals surface area contributed by atoms with Crippen molar-refractivity contribution in [3.05, 3.63) is 57.3 Å². The number of hydrogen-bond donors (Lipinski definition) is 1. The lowest BCUT2D eigenvalue weighted by Crippen LogP contribution is -2.23. The van der Waals surface area contributed by atoms with Crippen molar-refractivity contribution in [3.8, 4) is 0 Å². The summed E-state index contributed by atoms with van der Waals surface area (Å²) in [6.45, 7) is 0. The van der Waals surface area contributed by atoms with Gasteiger partial charge in [-0.15, -0.1) is 11.8 Å². The van der Waals surface area contributed by atoms with Crippen LogP contribution in [0.15, 0.2) is 51.7 Å². The highest BCUT2D eigenvalue weighted by Gasteiger charge is 2.16. The number of aliphatic hydroxyl groups excluding tert-OH is 1. The molecule has 0 atom stereocenters. The number of nitrogens with zero attached hydrogens (tertiary/aromatic N) is 1. The second-order valence-corrected chi connectivity index (χ2v) is 4.47. The quantitative estimate of drug-likeness (QED) is 0.711. The molecule has 0 amide bonds. The number of fused-ring (bicyclic) bond motifs is 2. The zero-order valence-corrected chi connectivity index (χ0v) is 8.79. The molecule has 0 bridgehead atoms. The molecular weight excluding hydrogens is 206 g/mol. The normalized spacial score (nSPS) is 18.3. The topological polar surface area (TPSA) is 32.6 Å². The molecule has 2 aliphatic heterocycles. The first kappa shape index (κ1) is 8.80. The minimum atomic E-state index is 0.143. The van der Waals surface area contributed by atoms with Crippen LogP contribution in [-0.4, -0.2) is 10.9 Å². The molecule has 0 unspecified atom stereocenters. The lowest BCUT2D eigenvalue weighted by molar-refractivity contribution is 0.402. The van der Waals surface area contributed by atoms with Crippen LogP contribution in [0.4, 0.5) is 0 Å². The molecule has 0 saturated carbocycles. The fourth-order valence-corrected chi connectivity index (χ4v) is 2.67. The zero-order chi connectivity index (χ0) is 10.3. The average Bonchev–Trinajstić information content (AvgIpc) is 2.64. The van der Waals surface area contributed by atoms with Crippen molar-refractivity contribution in [2.45, 2.75) is 0 Å². The molecule has 1 aromatic carbocycles. The van der Waals surface area contributed by atoms with E-state index >= 15 is 0 Å². The molecule has 2 heterocycles. The fourth-order valence-electron chi connectivity index (χ4n) is 1.75. The maximum atomic E-state index is 9.84. The fraction of sp³-hybridized carbons (Fsp3) is 0.0833. The SMILES string of the molecule is OC1=C2SCC=C2C=c2ccccc2=N1. The van der Waals surface area contributed by atoms with Gasteiger partial charge in [-0.25, -0.2) is 4.99 Å². The highest BCUT2D eigenvalue weighted by molar-refractivity contribution is 8.03. The van der Waals surface area contributed by atoms with Gasteiger partial charge in [0.05, 0.1) is 10.3 Å². The summed E-state index contributed by atoms with van der Waals surface area (Å²) >= 11 is 1.63. The van der Waals surface area contributed by atoms with Crippen LogP contribution >= 0.6 is 11.8 Å². The largest absolute Gasteiger partial charge is 0.492 e. The van der Waals surface area contributed by atoms with Crippen molar-refractivity contribution in [1.29, 1.82) is 0 Å². The molecule has 1 N–H and O–H groups in total. The summed E-state index contributed by atoms with van der Waals surface area (Å²) in [6, 6.07) is 7.83. The molecule has 74 valence electrons. The number of thioether (sulfide) groups is 1. The summed E-state index contributed by atoms with van der Waals surface area (Å²) in [7, 11) is 0. The van der Waals surface area contributed by atoms with Gasteiger partial charge in [-0.3, -0.25) is 0 Å². The van der Waals surface area contributed by atoms with E-state index in [4.69, 9.17) is 0 Å². The molecular formula is C12H9NOS. The molecule has 0 fully saturated rings. The van der Waals surface area contributed by atoms with Gasteiger partial charge in [-0.05, 0) is 17.7 Å². The van der Waals surface area contributed by atoms with E-state index in [1.165, 1.54) is 0 Å². The first-order valence-corrected chi connectivity index (χ1v) is 5.75. The van der Waals surface area contributed by atoms with Crippen LogP contribution in [0.1, 0.15) is 0 Å². The van der Waals surface area contributed by atoms with Gasteiger partial charge in [0.15, 0.2) is 0 Å². The second-order valence-electron chi connectivity index (χ2n) is 3.44. The van der Waals surface area contributed by atoms with Gasteiger partial charge in [0.1, 0.15) is 0 Å². The van der Waals surface area contributed by atoms with Crippen LogP contribution < -0.4 is 10.6 Å². The Morgan fingerprint density at radius 3 is 3.07 bits per heavy atom. The monoisotopic (exact) mass is 215 g/mol. The summed E-state index contributed by atoms with van der Waals surface area (Å²) in [4.78, 5) is 5.12.